The highest BCUT2D eigenvalue weighted by Gasteiger charge is 2.50. The summed E-state index contributed by atoms with van der Waals surface area (Å²) in [5, 5.41) is 15.4. The number of aromatic hydroxyl groups is 1. The maximum absolute atomic E-state index is 14.0. The predicted molar refractivity (Wildman–Crippen MR) is 141 cm³/mol. The summed E-state index contributed by atoms with van der Waals surface area (Å²) in [4.78, 5) is 43.3. The number of rotatable bonds is 6. The average Bonchev–Trinajstić information content (AvgIpc) is 2.94. The van der Waals surface area contributed by atoms with Crippen LogP contribution >= 0.6 is 0 Å². The van der Waals surface area contributed by atoms with Crippen LogP contribution in [0.2, 0.25) is 0 Å². The lowest BCUT2D eigenvalue weighted by molar-refractivity contribution is -0.187. The Kier molecular flexibility index (Phi) is 7.84. The fourth-order valence-corrected chi connectivity index (χ4v) is 5.28. The number of fused-ring (bicyclic) bond motifs is 1. The van der Waals surface area contributed by atoms with Crippen LogP contribution in [-0.4, -0.2) is 75.1 Å². The Labute approximate surface area is 234 Å². The van der Waals surface area contributed by atoms with Crippen molar-refractivity contribution in [2.75, 3.05) is 20.1 Å². The number of phenols is 1. The molecule has 2 saturated heterocycles. The van der Waals surface area contributed by atoms with Crippen LogP contribution in [0.15, 0.2) is 66.7 Å². The van der Waals surface area contributed by atoms with E-state index in [-0.39, 0.29) is 49.8 Å². The van der Waals surface area contributed by atoms with Crippen LogP contribution in [0.4, 0.5) is 18.0 Å². The molecule has 2 heterocycles. The third-order valence-corrected chi connectivity index (χ3v) is 7.22. The largest absolute Gasteiger partial charge is 0.508 e. The molecule has 3 aromatic carbocycles. The normalized spacial score (nSPS) is 19.4. The van der Waals surface area contributed by atoms with Crippen LogP contribution < -0.4 is 5.32 Å². The third-order valence-electron chi connectivity index (χ3n) is 7.22. The van der Waals surface area contributed by atoms with E-state index < -0.39 is 41.6 Å². The number of urea groups is 1. The highest BCUT2D eigenvalue weighted by molar-refractivity contribution is 5.91. The van der Waals surface area contributed by atoms with Gasteiger partial charge >= 0.3 is 6.03 Å². The average molecular weight is 568 g/mol. The van der Waals surface area contributed by atoms with Gasteiger partial charge in [0.15, 0.2) is 17.5 Å². The van der Waals surface area contributed by atoms with E-state index in [9.17, 15) is 32.7 Å². The van der Waals surface area contributed by atoms with Crippen LogP contribution in [0.5, 0.6) is 5.75 Å². The molecule has 1 unspecified atom stereocenters. The van der Waals surface area contributed by atoms with Gasteiger partial charge in [-0.1, -0.05) is 42.5 Å². The van der Waals surface area contributed by atoms with Crippen molar-refractivity contribution in [3.63, 3.8) is 0 Å². The number of benzene rings is 3. The lowest BCUT2D eigenvalue weighted by Gasteiger charge is -2.54. The molecule has 2 fully saturated rings. The zero-order chi connectivity index (χ0) is 29.3. The number of hydrogen-bond acceptors (Lipinski definition) is 5. The Morgan fingerprint density at radius 3 is 2.27 bits per heavy atom. The number of hydrazine groups is 1. The lowest BCUT2D eigenvalue weighted by atomic mass is 9.98. The number of piperazine rings is 1. The molecule has 41 heavy (non-hydrogen) atoms. The van der Waals surface area contributed by atoms with Gasteiger partial charge in [-0.2, -0.15) is 0 Å². The molecule has 2 aliphatic heterocycles. The number of nitrogens with one attached hydrogen (secondary N) is 1. The highest BCUT2D eigenvalue weighted by Crippen LogP contribution is 2.29. The van der Waals surface area contributed by atoms with Gasteiger partial charge in [0.25, 0.3) is 0 Å². The lowest BCUT2D eigenvalue weighted by Crippen LogP contribution is -2.76. The number of halogens is 3. The van der Waals surface area contributed by atoms with Crippen LogP contribution in [-0.2, 0) is 29.1 Å². The summed E-state index contributed by atoms with van der Waals surface area (Å²) in [6.45, 7) is -0.373. The number of nitrogens with zero attached hydrogens (tertiary/aromatic N) is 4. The second kappa shape index (κ2) is 11.5. The molecule has 0 radical (unpaired) electrons. The SMILES string of the molecule is CN1CC(=O)N2C(CN(Cc3cc(F)c(F)c(F)c3)C(=O)[C@@H]2Cc2ccc(O)cc2)N1C(=O)NCc1ccccc1. The summed E-state index contributed by atoms with van der Waals surface area (Å²) in [5.74, 6) is -5.24. The van der Waals surface area contributed by atoms with Crippen molar-refractivity contribution in [3.8, 4) is 5.75 Å². The van der Waals surface area contributed by atoms with E-state index in [0.29, 0.717) is 5.56 Å². The van der Waals surface area contributed by atoms with Crippen LogP contribution in [0.1, 0.15) is 16.7 Å². The fourth-order valence-electron chi connectivity index (χ4n) is 5.28. The molecule has 0 aliphatic carbocycles. The van der Waals surface area contributed by atoms with Gasteiger partial charge in [-0.15, -0.1) is 0 Å². The van der Waals surface area contributed by atoms with E-state index in [1.54, 1.807) is 19.2 Å². The summed E-state index contributed by atoms with van der Waals surface area (Å²) in [7, 11) is 1.58. The van der Waals surface area contributed by atoms with Crippen LogP contribution in [0, 0.1) is 17.5 Å². The first-order valence-electron chi connectivity index (χ1n) is 13.0. The Morgan fingerprint density at radius 1 is 0.951 bits per heavy atom. The van der Waals surface area contributed by atoms with E-state index in [1.165, 1.54) is 32.0 Å². The highest BCUT2D eigenvalue weighted by atomic mass is 19.2. The Hall–Kier alpha value is -4.58. The van der Waals surface area contributed by atoms with E-state index in [4.69, 9.17) is 0 Å². The van der Waals surface area contributed by atoms with Gasteiger partial charge in [0, 0.05) is 26.6 Å². The number of amides is 4. The van der Waals surface area contributed by atoms with Crippen molar-refractivity contribution < 1.29 is 32.7 Å². The van der Waals surface area contributed by atoms with Crippen molar-refractivity contribution in [1.82, 2.24) is 25.1 Å². The quantitative estimate of drug-likeness (QED) is 0.447. The van der Waals surface area contributed by atoms with Crippen molar-refractivity contribution in [2.45, 2.75) is 31.7 Å². The van der Waals surface area contributed by atoms with Gasteiger partial charge in [0.2, 0.25) is 11.8 Å². The summed E-state index contributed by atoms with van der Waals surface area (Å²) in [6.07, 6.45) is -0.875. The second-order valence-electron chi connectivity index (χ2n) is 10.1. The monoisotopic (exact) mass is 567 g/mol. The molecule has 3 aromatic rings. The van der Waals surface area contributed by atoms with Gasteiger partial charge in [-0.3, -0.25) is 9.59 Å². The molecule has 0 bridgehead atoms. The molecule has 0 saturated carbocycles. The van der Waals surface area contributed by atoms with Crippen molar-refractivity contribution in [3.05, 3.63) is 101 Å². The molecule has 2 aliphatic rings. The first-order valence-corrected chi connectivity index (χ1v) is 13.0. The zero-order valence-electron chi connectivity index (χ0n) is 22.1. The standard InChI is InChI=1S/C29H28F3N5O4/c1-34-17-26(39)36-24(13-18-7-9-21(38)10-8-18)28(40)35(15-20-11-22(30)27(32)23(31)12-20)16-25(36)37(34)29(41)33-14-19-5-3-2-4-6-19/h2-12,24-25,38H,13-17H2,1H3,(H,33,41)/t24-,25?/m0/s1. The molecule has 214 valence electrons. The van der Waals surface area contributed by atoms with Gasteiger partial charge in [-0.05, 0) is 41.0 Å². The first-order chi connectivity index (χ1) is 19.6. The molecule has 5 rings (SSSR count). The Balaban J connectivity index is 1.47. The van der Waals surface area contributed by atoms with E-state index in [0.717, 1.165) is 17.7 Å². The summed E-state index contributed by atoms with van der Waals surface area (Å²) in [6, 6.07) is 15.5. The van der Waals surface area contributed by atoms with Crippen molar-refractivity contribution in [1.29, 1.82) is 0 Å². The van der Waals surface area contributed by atoms with Crippen LogP contribution in [0.25, 0.3) is 0 Å². The zero-order valence-corrected chi connectivity index (χ0v) is 22.1. The minimum absolute atomic E-state index is 0.0159. The van der Waals surface area contributed by atoms with Gasteiger partial charge in [0.05, 0.1) is 13.1 Å². The predicted octanol–water partition coefficient (Wildman–Crippen LogP) is 2.99. The number of carbonyl (C=O) groups is 3. The fraction of sp³-hybridized carbons (Fsp3) is 0.276. The number of phenolic OH excluding ortho intramolecular Hbond substituents is 1. The van der Waals surface area contributed by atoms with Gasteiger partial charge < -0.3 is 20.2 Å². The molecule has 4 amide bonds. The Bertz CT molecular complexity index is 1430. The Morgan fingerprint density at radius 2 is 1.61 bits per heavy atom. The topological polar surface area (TPSA) is 96.4 Å². The molecular formula is C29H28F3N5O4. The van der Waals surface area contributed by atoms with E-state index in [1.807, 2.05) is 30.3 Å². The maximum atomic E-state index is 14.0. The van der Waals surface area contributed by atoms with Gasteiger partial charge in [0.1, 0.15) is 18.0 Å². The van der Waals surface area contributed by atoms with Gasteiger partial charge in [-0.25, -0.2) is 28.0 Å². The first kappa shape index (κ1) is 28.0. The van der Waals surface area contributed by atoms with E-state index in [2.05, 4.69) is 5.32 Å². The van der Waals surface area contributed by atoms with Crippen LogP contribution in [0.3, 0.4) is 0 Å². The number of carbonyl (C=O) groups excluding carboxylic acids is 3. The third kappa shape index (κ3) is 5.82. The molecule has 12 heteroatoms. The molecule has 0 aromatic heterocycles. The van der Waals surface area contributed by atoms with E-state index >= 15 is 0 Å². The molecule has 9 nitrogen and oxygen atoms in total. The number of likely N-dealkylation sites (N-methyl/N-ethyl adjacent to an activating group) is 1. The second-order valence-corrected chi connectivity index (χ2v) is 10.1. The molecular weight excluding hydrogens is 539 g/mol. The maximum Gasteiger partial charge on any atom is 0.334 e. The minimum Gasteiger partial charge on any atom is -0.508 e. The smallest absolute Gasteiger partial charge is 0.334 e. The molecule has 2 atom stereocenters. The van der Waals surface area contributed by atoms with Crippen molar-refractivity contribution >= 4 is 17.8 Å². The summed E-state index contributed by atoms with van der Waals surface area (Å²) in [5.41, 5.74) is 1.52. The summed E-state index contributed by atoms with van der Waals surface area (Å²) < 4.78 is 41.6. The molecule has 2 N–H and O–H groups in total. The summed E-state index contributed by atoms with van der Waals surface area (Å²) >= 11 is 0. The van der Waals surface area contributed by atoms with Crippen molar-refractivity contribution in [2.24, 2.45) is 0 Å². The minimum atomic E-state index is -1.61. The molecule has 0 spiro atoms. The number of hydrogen-bond donors (Lipinski definition) is 2.